The Balaban J connectivity index is 2.17. The smallest absolute Gasteiger partial charge is 0.0149 e. The number of rotatable bonds is 2. The standard InChI is InChI=1S/C14H24/c1-9(2)6-11-7-10(3)12-8-13(11)14(12,4)5/h7,9,11-13H,6,8H2,1-5H3. The van der Waals surface area contributed by atoms with E-state index in [9.17, 15) is 0 Å². The molecule has 0 aromatic rings. The first kappa shape index (κ1) is 10.3. The highest BCUT2D eigenvalue weighted by Crippen LogP contribution is 2.61. The quantitative estimate of drug-likeness (QED) is 0.573. The molecule has 0 N–H and O–H groups in total. The van der Waals surface area contributed by atoms with E-state index in [0.717, 1.165) is 23.7 Å². The maximum Gasteiger partial charge on any atom is -0.0149 e. The van der Waals surface area contributed by atoms with Gasteiger partial charge in [-0.25, -0.2) is 0 Å². The topological polar surface area (TPSA) is 0 Å². The molecule has 0 aromatic carbocycles. The molecule has 1 fully saturated rings. The fourth-order valence-electron chi connectivity index (χ4n) is 3.81. The van der Waals surface area contributed by atoms with Gasteiger partial charge in [-0.05, 0) is 48.9 Å². The molecular weight excluding hydrogens is 168 g/mol. The van der Waals surface area contributed by atoms with Gasteiger partial charge in [0, 0.05) is 0 Å². The van der Waals surface area contributed by atoms with Gasteiger partial charge < -0.3 is 0 Å². The lowest BCUT2D eigenvalue weighted by Crippen LogP contribution is -2.51. The molecule has 0 aromatic heterocycles. The molecule has 80 valence electrons. The Morgan fingerprint density at radius 2 is 2.07 bits per heavy atom. The summed E-state index contributed by atoms with van der Waals surface area (Å²) in [7, 11) is 0. The fourth-order valence-corrected chi connectivity index (χ4v) is 3.81. The minimum Gasteiger partial charge on any atom is -0.0819 e. The summed E-state index contributed by atoms with van der Waals surface area (Å²) in [4.78, 5) is 0. The molecular formula is C14H24. The Kier molecular flexibility index (Phi) is 2.28. The molecule has 14 heavy (non-hydrogen) atoms. The van der Waals surface area contributed by atoms with Crippen LogP contribution in [0.4, 0.5) is 0 Å². The van der Waals surface area contributed by atoms with Crippen molar-refractivity contribution in [3.8, 4) is 0 Å². The van der Waals surface area contributed by atoms with E-state index >= 15 is 0 Å². The van der Waals surface area contributed by atoms with Crippen molar-refractivity contribution in [3.05, 3.63) is 11.6 Å². The molecule has 0 heterocycles. The third-order valence-electron chi connectivity index (χ3n) is 4.63. The van der Waals surface area contributed by atoms with Gasteiger partial charge in [0.25, 0.3) is 0 Å². The van der Waals surface area contributed by atoms with Crippen molar-refractivity contribution < 1.29 is 0 Å². The molecule has 0 heteroatoms. The molecule has 0 aliphatic heterocycles. The SMILES string of the molecule is CC1=CC(CC(C)C)C2CC1C2(C)C. The lowest BCUT2D eigenvalue weighted by atomic mass is 9.45. The summed E-state index contributed by atoms with van der Waals surface area (Å²) in [5.41, 5.74) is 2.27. The van der Waals surface area contributed by atoms with Crippen LogP contribution in [0.25, 0.3) is 0 Å². The second-order valence-electron chi connectivity index (χ2n) is 6.42. The monoisotopic (exact) mass is 192 g/mol. The summed E-state index contributed by atoms with van der Waals surface area (Å²) in [6, 6.07) is 0. The van der Waals surface area contributed by atoms with Crippen LogP contribution in [0, 0.1) is 29.1 Å². The molecule has 0 spiro atoms. The predicted octanol–water partition coefficient (Wildman–Crippen LogP) is 4.27. The second-order valence-corrected chi connectivity index (χ2v) is 6.42. The van der Waals surface area contributed by atoms with E-state index in [1.165, 1.54) is 12.8 Å². The Hall–Kier alpha value is -0.260. The first-order chi connectivity index (χ1) is 6.43. The van der Waals surface area contributed by atoms with Gasteiger partial charge in [-0.1, -0.05) is 39.3 Å². The van der Waals surface area contributed by atoms with Gasteiger partial charge in [-0.15, -0.1) is 0 Å². The van der Waals surface area contributed by atoms with Crippen LogP contribution >= 0.6 is 0 Å². The molecule has 0 nitrogen and oxygen atoms in total. The maximum atomic E-state index is 2.57. The molecule has 3 aliphatic carbocycles. The van der Waals surface area contributed by atoms with Crippen molar-refractivity contribution in [2.24, 2.45) is 29.1 Å². The number of allylic oxidation sites excluding steroid dienone is 2. The van der Waals surface area contributed by atoms with Gasteiger partial charge in [0.1, 0.15) is 0 Å². The Labute approximate surface area is 88.8 Å². The number of hydrogen-bond donors (Lipinski definition) is 0. The van der Waals surface area contributed by atoms with E-state index in [4.69, 9.17) is 0 Å². The van der Waals surface area contributed by atoms with Gasteiger partial charge >= 0.3 is 0 Å². The summed E-state index contributed by atoms with van der Waals surface area (Å²) in [5.74, 6) is 3.58. The lowest BCUT2D eigenvalue weighted by molar-refractivity contribution is -0.0439. The zero-order chi connectivity index (χ0) is 10.5. The first-order valence-electron chi connectivity index (χ1n) is 6.11. The Morgan fingerprint density at radius 1 is 1.43 bits per heavy atom. The summed E-state index contributed by atoms with van der Waals surface area (Å²) in [6.07, 6.45) is 5.43. The average molecular weight is 192 g/mol. The molecule has 2 bridgehead atoms. The average Bonchev–Trinajstić information content (AvgIpc) is 2.00. The van der Waals surface area contributed by atoms with E-state index in [1.807, 2.05) is 0 Å². The van der Waals surface area contributed by atoms with E-state index in [0.29, 0.717) is 5.41 Å². The number of fused-ring (bicyclic) bond motifs is 1. The lowest BCUT2D eigenvalue weighted by Gasteiger charge is -2.59. The Bertz CT molecular complexity index is 257. The zero-order valence-corrected chi connectivity index (χ0v) is 10.3. The molecule has 0 saturated heterocycles. The van der Waals surface area contributed by atoms with E-state index in [-0.39, 0.29) is 0 Å². The van der Waals surface area contributed by atoms with E-state index in [1.54, 1.807) is 5.57 Å². The third-order valence-corrected chi connectivity index (χ3v) is 4.63. The van der Waals surface area contributed by atoms with E-state index < -0.39 is 0 Å². The zero-order valence-electron chi connectivity index (χ0n) is 10.3. The van der Waals surface area contributed by atoms with Crippen molar-refractivity contribution in [1.82, 2.24) is 0 Å². The Morgan fingerprint density at radius 3 is 2.50 bits per heavy atom. The first-order valence-corrected chi connectivity index (χ1v) is 6.11. The molecule has 1 saturated carbocycles. The van der Waals surface area contributed by atoms with Gasteiger partial charge in [0.15, 0.2) is 0 Å². The number of hydrogen-bond acceptors (Lipinski definition) is 0. The van der Waals surface area contributed by atoms with Crippen LogP contribution in [0.2, 0.25) is 0 Å². The van der Waals surface area contributed by atoms with Crippen LogP contribution in [0.3, 0.4) is 0 Å². The predicted molar refractivity (Wildman–Crippen MR) is 62.1 cm³/mol. The minimum absolute atomic E-state index is 0.596. The summed E-state index contributed by atoms with van der Waals surface area (Å²) in [6.45, 7) is 12.0. The van der Waals surface area contributed by atoms with Crippen LogP contribution in [-0.2, 0) is 0 Å². The van der Waals surface area contributed by atoms with Crippen LogP contribution in [0.5, 0.6) is 0 Å². The van der Waals surface area contributed by atoms with Crippen LogP contribution in [0.15, 0.2) is 11.6 Å². The van der Waals surface area contributed by atoms with Crippen molar-refractivity contribution in [1.29, 1.82) is 0 Å². The minimum atomic E-state index is 0.596. The summed E-state index contributed by atoms with van der Waals surface area (Å²) < 4.78 is 0. The molecule has 0 amide bonds. The van der Waals surface area contributed by atoms with Crippen molar-refractivity contribution in [2.75, 3.05) is 0 Å². The molecule has 3 aliphatic rings. The van der Waals surface area contributed by atoms with Crippen LogP contribution < -0.4 is 0 Å². The molecule has 0 radical (unpaired) electrons. The van der Waals surface area contributed by atoms with Gasteiger partial charge in [-0.2, -0.15) is 0 Å². The normalized spacial score (nSPS) is 39.3. The van der Waals surface area contributed by atoms with Crippen molar-refractivity contribution in [3.63, 3.8) is 0 Å². The summed E-state index contributed by atoms with van der Waals surface area (Å²) >= 11 is 0. The molecule has 3 unspecified atom stereocenters. The van der Waals surface area contributed by atoms with E-state index in [2.05, 4.69) is 40.7 Å². The van der Waals surface area contributed by atoms with Gasteiger partial charge in [-0.3, -0.25) is 0 Å². The highest BCUT2D eigenvalue weighted by Gasteiger charge is 2.53. The molecule has 3 atom stereocenters. The van der Waals surface area contributed by atoms with Gasteiger partial charge in [0.2, 0.25) is 0 Å². The fraction of sp³-hybridized carbons (Fsp3) is 0.857. The largest absolute Gasteiger partial charge is 0.0819 e. The molecule has 3 rings (SSSR count). The highest BCUT2D eigenvalue weighted by atomic mass is 14.6. The van der Waals surface area contributed by atoms with Crippen LogP contribution in [-0.4, -0.2) is 0 Å². The van der Waals surface area contributed by atoms with Gasteiger partial charge in [0.05, 0.1) is 0 Å². The van der Waals surface area contributed by atoms with Crippen LogP contribution in [0.1, 0.15) is 47.5 Å². The highest BCUT2D eigenvalue weighted by molar-refractivity contribution is 5.24. The second kappa shape index (κ2) is 3.12. The summed E-state index contributed by atoms with van der Waals surface area (Å²) in [5, 5.41) is 0. The van der Waals surface area contributed by atoms with Crippen molar-refractivity contribution >= 4 is 0 Å². The third kappa shape index (κ3) is 1.34. The maximum absolute atomic E-state index is 2.57. The van der Waals surface area contributed by atoms with Crippen molar-refractivity contribution in [2.45, 2.75) is 47.5 Å².